The number of rotatable bonds is 5. The van der Waals surface area contributed by atoms with Crippen LogP contribution in [0.5, 0.6) is 0 Å². The molecule has 1 fully saturated rings. The third-order valence-corrected chi connectivity index (χ3v) is 6.16. The number of amides is 1. The summed E-state index contributed by atoms with van der Waals surface area (Å²) in [5, 5.41) is 13.1. The molecule has 1 unspecified atom stereocenters. The van der Waals surface area contributed by atoms with Crippen LogP contribution >= 0.6 is 11.3 Å². The van der Waals surface area contributed by atoms with Crippen LogP contribution in [0.2, 0.25) is 0 Å². The summed E-state index contributed by atoms with van der Waals surface area (Å²) in [5.41, 5.74) is 3.71. The smallest absolute Gasteiger partial charge is 0.295 e. The van der Waals surface area contributed by atoms with Crippen LogP contribution < -0.4 is 0 Å². The van der Waals surface area contributed by atoms with Crippen LogP contribution in [0.3, 0.4) is 0 Å². The minimum absolute atomic E-state index is 0.0775. The average Bonchev–Trinajstić information content (AvgIpc) is 3.16. The quantitative estimate of drug-likeness (QED) is 0.454. The molecule has 0 bridgehead atoms. The van der Waals surface area contributed by atoms with E-state index in [-0.39, 0.29) is 11.3 Å². The second-order valence-electron chi connectivity index (χ2n) is 7.13. The summed E-state index contributed by atoms with van der Waals surface area (Å²) in [5.74, 6) is -1.19. The number of carbonyl (C=O) groups excluding carboxylic acids is 2. The minimum atomic E-state index is -0.595. The molecule has 1 atom stereocenters. The fourth-order valence-corrected chi connectivity index (χ4v) is 4.56. The Balaban J connectivity index is 2.21. The van der Waals surface area contributed by atoms with Crippen LogP contribution in [-0.4, -0.2) is 28.2 Å². The largest absolute Gasteiger partial charge is 0.507 e. The van der Waals surface area contributed by atoms with E-state index in [4.69, 9.17) is 0 Å². The molecule has 27 heavy (non-hydrogen) atoms. The van der Waals surface area contributed by atoms with E-state index >= 15 is 0 Å². The molecule has 0 radical (unpaired) electrons. The van der Waals surface area contributed by atoms with Gasteiger partial charge >= 0.3 is 0 Å². The average molecular weight is 384 g/mol. The first-order chi connectivity index (χ1) is 12.9. The number of nitrogens with zero attached hydrogens (tertiary/aromatic N) is 1. The molecule has 1 aliphatic rings. The lowest BCUT2D eigenvalue weighted by Crippen LogP contribution is -2.30. The van der Waals surface area contributed by atoms with E-state index in [0.717, 1.165) is 34.4 Å². The van der Waals surface area contributed by atoms with Crippen molar-refractivity contribution in [2.75, 3.05) is 6.54 Å². The maximum Gasteiger partial charge on any atom is 0.295 e. The van der Waals surface area contributed by atoms with Gasteiger partial charge in [0.05, 0.1) is 11.6 Å². The molecule has 0 saturated carbocycles. The van der Waals surface area contributed by atoms with Gasteiger partial charge in [-0.2, -0.15) is 0 Å². The summed E-state index contributed by atoms with van der Waals surface area (Å²) in [6.45, 7) is 8.37. The fourth-order valence-electron chi connectivity index (χ4n) is 3.51. The SMILES string of the molecule is CCCCN1C(=O)C(=O)/C(=C(/O)c2cc(C)ccc2C)C1c1sccc1C. The van der Waals surface area contributed by atoms with E-state index in [1.165, 1.54) is 11.3 Å². The van der Waals surface area contributed by atoms with Gasteiger partial charge in [-0.1, -0.05) is 31.0 Å². The second-order valence-corrected chi connectivity index (χ2v) is 8.08. The highest BCUT2D eigenvalue weighted by molar-refractivity contribution is 7.10. The van der Waals surface area contributed by atoms with E-state index in [0.29, 0.717) is 12.1 Å². The summed E-state index contributed by atoms with van der Waals surface area (Å²) in [6, 6.07) is 7.22. The van der Waals surface area contributed by atoms with Crippen LogP contribution in [0.25, 0.3) is 5.76 Å². The second kappa shape index (κ2) is 7.69. The molecule has 2 heterocycles. The highest BCUT2D eigenvalue weighted by Crippen LogP contribution is 2.43. The topological polar surface area (TPSA) is 57.6 Å². The summed E-state index contributed by atoms with van der Waals surface area (Å²) in [6.07, 6.45) is 1.74. The maximum absolute atomic E-state index is 12.9. The molecule has 0 spiro atoms. The number of aryl methyl sites for hydroxylation is 3. The van der Waals surface area contributed by atoms with Crippen LogP contribution in [0.15, 0.2) is 35.2 Å². The zero-order chi connectivity index (χ0) is 19.7. The summed E-state index contributed by atoms with van der Waals surface area (Å²) in [4.78, 5) is 28.2. The Labute approximate surface area is 164 Å². The van der Waals surface area contributed by atoms with Gasteiger partial charge < -0.3 is 10.0 Å². The van der Waals surface area contributed by atoms with Crippen LogP contribution in [0.4, 0.5) is 0 Å². The zero-order valence-electron chi connectivity index (χ0n) is 16.2. The molecule has 1 N–H and O–H groups in total. The van der Waals surface area contributed by atoms with Gasteiger partial charge in [0.15, 0.2) is 0 Å². The van der Waals surface area contributed by atoms with Crippen molar-refractivity contribution < 1.29 is 14.7 Å². The highest BCUT2D eigenvalue weighted by atomic mass is 32.1. The standard InChI is InChI=1S/C22H25NO3S/c1-5-6-10-23-18(21-15(4)9-11-27-21)17(20(25)22(23)26)19(24)16-12-13(2)7-8-14(16)3/h7-9,11-12,18,24H,5-6,10H2,1-4H3/b19-17+. The first-order valence-electron chi connectivity index (χ1n) is 9.26. The Kier molecular flexibility index (Phi) is 5.51. The van der Waals surface area contributed by atoms with Gasteiger partial charge in [0.25, 0.3) is 11.7 Å². The molecule has 1 aromatic carbocycles. The van der Waals surface area contributed by atoms with Crippen molar-refractivity contribution in [2.24, 2.45) is 0 Å². The van der Waals surface area contributed by atoms with Crippen molar-refractivity contribution in [3.8, 4) is 0 Å². The van der Waals surface area contributed by atoms with Crippen molar-refractivity contribution in [3.63, 3.8) is 0 Å². The Hall–Kier alpha value is -2.40. The maximum atomic E-state index is 12.9. The number of ketones is 1. The number of aliphatic hydroxyl groups excluding tert-OH is 1. The van der Waals surface area contributed by atoms with E-state index in [2.05, 4.69) is 6.92 Å². The first-order valence-corrected chi connectivity index (χ1v) is 10.1. The third kappa shape index (κ3) is 3.44. The number of thiophene rings is 1. The molecule has 1 amide bonds. The zero-order valence-corrected chi connectivity index (χ0v) is 17.0. The van der Waals surface area contributed by atoms with Crippen molar-refractivity contribution in [3.05, 3.63) is 62.3 Å². The molecule has 142 valence electrons. The molecular weight excluding hydrogens is 358 g/mol. The molecule has 1 saturated heterocycles. The van der Waals surface area contributed by atoms with Crippen molar-refractivity contribution in [1.82, 2.24) is 4.90 Å². The van der Waals surface area contributed by atoms with Gasteiger partial charge in [-0.15, -0.1) is 11.3 Å². The van der Waals surface area contributed by atoms with E-state index < -0.39 is 17.7 Å². The van der Waals surface area contributed by atoms with Gasteiger partial charge in [0.1, 0.15) is 5.76 Å². The number of likely N-dealkylation sites (tertiary alicyclic amines) is 1. The Morgan fingerprint density at radius 3 is 2.52 bits per heavy atom. The molecule has 0 aliphatic carbocycles. The lowest BCUT2D eigenvalue weighted by atomic mass is 9.95. The first kappa shape index (κ1) is 19.4. The Morgan fingerprint density at radius 2 is 1.89 bits per heavy atom. The van der Waals surface area contributed by atoms with Crippen LogP contribution in [-0.2, 0) is 9.59 Å². The fraction of sp³-hybridized carbons (Fsp3) is 0.364. The molecule has 1 aromatic heterocycles. The number of hydrogen-bond donors (Lipinski definition) is 1. The van der Waals surface area contributed by atoms with E-state index in [1.807, 2.05) is 50.4 Å². The Bertz CT molecular complexity index is 925. The molecule has 5 heteroatoms. The van der Waals surface area contributed by atoms with Crippen LogP contribution in [0.1, 0.15) is 52.9 Å². The Morgan fingerprint density at radius 1 is 1.15 bits per heavy atom. The monoisotopic (exact) mass is 383 g/mol. The minimum Gasteiger partial charge on any atom is -0.507 e. The number of carbonyl (C=O) groups is 2. The van der Waals surface area contributed by atoms with Crippen molar-refractivity contribution in [1.29, 1.82) is 0 Å². The lowest BCUT2D eigenvalue weighted by Gasteiger charge is -2.24. The third-order valence-electron chi connectivity index (χ3n) is 5.09. The van der Waals surface area contributed by atoms with Gasteiger partial charge in [-0.3, -0.25) is 9.59 Å². The van der Waals surface area contributed by atoms with E-state index in [1.54, 1.807) is 4.90 Å². The van der Waals surface area contributed by atoms with Gasteiger partial charge in [-0.05, 0) is 55.8 Å². The number of aliphatic hydroxyl groups is 1. The van der Waals surface area contributed by atoms with Gasteiger partial charge in [0, 0.05) is 17.0 Å². The molecule has 1 aliphatic heterocycles. The summed E-state index contributed by atoms with van der Waals surface area (Å²) < 4.78 is 0. The van der Waals surface area contributed by atoms with Crippen molar-refractivity contribution >= 4 is 28.8 Å². The summed E-state index contributed by atoms with van der Waals surface area (Å²) >= 11 is 1.52. The number of hydrogen-bond acceptors (Lipinski definition) is 4. The number of unbranched alkanes of at least 4 members (excludes halogenated alkanes) is 1. The van der Waals surface area contributed by atoms with E-state index in [9.17, 15) is 14.7 Å². The summed E-state index contributed by atoms with van der Waals surface area (Å²) in [7, 11) is 0. The van der Waals surface area contributed by atoms with Crippen molar-refractivity contribution in [2.45, 2.75) is 46.6 Å². The molecular formula is C22H25NO3S. The normalized spacial score (nSPS) is 19.1. The predicted octanol–water partition coefficient (Wildman–Crippen LogP) is 4.90. The highest BCUT2D eigenvalue weighted by Gasteiger charge is 2.46. The number of benzene rings is 1. The number of Topliss-reactive ketones (excluding diaryl/α,β-unsaturated/α-hetero) is 1. The van der Waals surface area contributed by atoms with Gasteiger partial charge in [0.2, 0.25) is 0 Å². The predicted molar refractivity (Wildman–Crippen MR) is 109 cm³/mol. The molecule has 4 nitrogen and oxygen atoms in total. The van der Waals surface area contributed by atoms with Crippen LogP contribution in [0, 0.1) is 20.8 Å². The van der Waals surface area contributed by atoms with Gasteiger partial charge in [-0.25, -0.2) is 0 Å². The lowest BCUT2D eigenvalue weighted by molar-refractivity contribution is -0.139. The molecule has 3 rings (SSSR count). The molecule has 2 aromatic rings.